The summed E-state index contributed by atoms with van der Waals surface area (Å²) in [6.45, 7) is 0.0547. The van der Waals surface area contributed by atoms with Crippen LogP contribution in [0.5, 0.6) is 0 Å². The minimum absolute atomic E-state index is 0.0229. The summed E-state index contributed by atoms with van der Waals surface area (Å²) < 4.78 is 54.4. The quantitative estimate of drug-likeness (QED) is 0.515. The van der Waals surface area contributed by atoms with E-state index in [4.69, 9.17) is 9.52 Å². The highest BCUT2D eigenvalue weighted by molar-refractivity contribution is 9.10. The molecule has 0 aliphatic heterocycles. The van der Waals surface area contributed by atoms with E-state index in [0.29, 0.717) is 0 Å². The Kier molecular flexibility index (Phi) is 5.92. The summed E-state index contributed by atoms with van der Waals surface area (Å²) in [5, 5.41) is 8.72. The lowest BCUT2D eigenvalue weighted by Gasteiger charge is -2.05. The normalized spacial score (nSPS) is 12.5. The first-order valence-corrected chi connectivity index (χ1v) is 9.66. The van der Waals surface area contributed by atoms with Crippen LogP contribution in [0.2, 0.25) is 0 Å². The van der Waals surface area contributed by atoms with E-state index >= 15 is 0 Å². The van der Waals surface area contributed by atoms with Crippen LogP contribution in [0.1, 0.15) is 17.0 Å². The van der Waals surface area contributed by atoms with Gasteiger partial charge >= 0.3 is 5.97 Å². The molecular weight excluding hydrogens is 392 g/mol. The molecule has 12 heteroatoms. The van der Waals surface area contributed by atoms with Crippen molar-refractivity contribution in [2.75, 3.05) is 19.3 Å². The van der Waals surface area contributed by atoms with Crippen molar-refractivity contribution < 1.29 is 31.2 Å². The molecule has 1 aromatic rings. The van der Waals surface area contributed by atoms with E-state index < -0.39 is 31.8 Å². The zero-order valence-corrected chi connectivity index (χ0v) is 14.0. The van der Waals surface area contributed by atoms with Crippen molar-refractivity contribution in [3.05, 3.63) is 16.5 Å². The molecule has 120 valence electrons. The average molecular weight is 405 g/mol. The summed E-state index contributed by atoms with van der Waals surface area (Å²) >= 11 is 2.83. The number of halogens is 1. The number of hydrogen-bond acceptors (Lipinski definition) is 6. The third kappa shape index (κ3) is 5.74. The predicted octanol–water partition coefficient (Wildman–Crippen LogP) is -0.0421. The second kappa shape index (κ2) is 6.87. The number of furan rings is 1. The van der Waals surface area contributed by atoms with Gasteiger partial charge < -0.3 is 9.52 Å². The highest BCUT2D eigenvalue weighted by Gasteiger charge is 2.24. The Balaban J connectivity index is 2.64. The van der Waals surface area contributed by atoms with Crippen molar-refractivity contribution in [1.29, 1.82) is 0 Å². The molecule has 0 radical (unpaired) electrons. The number of sulfonamides is 2. The minimum atomic E-state index is -3.95. The summed E-state index contributed by atoms with van der Waals surface area (Å²) in [5.41, 5.74) is 0. The summed E-state index contributed by atoms with van der Waals surface area (Å²) in [6, 6.07) is 0.878. The molecule has 0 aliphatic carbocycles. The van der Waals surface area contributed by atoms with Crippen LogP contribution < -0.4 is 9.44 Å². The first-order chi connectivity index (χ1) is 9.53. The SMILES string of the molecule is CS(=O)(=O)NCCCNS(=O)(=O)c1cc(C(=O)O)oc1Br. The topological polar surface area (TPSA) is 143 Å². The first-order valence-electron chi connectivity index (χ1n) is 5.50. The van der Waals surface area contributed by atoms with Crippen LogP contribution in [0.4, 0.5) is 0 Å². The maximum absolute atomic E-state index is 11.9. The van der Waals surface area contributed by atoms with Gasteiger partial charge in [-0.15, -0.1) is 0 Å². The third-order valence-corrected chi connectivity index (χ3v) is 5.21. The number of carbonyl (C=O) groups is 1. The maximum Gasteiger partial charge on any atom is 0.371 e. The molecule has 0 fully saturated rings. The highest BCUT2D eigenvalue weighted by atomic mass is 79.9. The van der Waals surface area contributed by atoms with Gasteiger partial charge in [0.15, 0.2) is 4.67 Å². The van der Waals surface area contributed by atoms with E-state index in [2.05, 4.69) is 25.4 Å². The fourth-order valence-corrected chi connectivity index (χ4v) is 3.80. The van der Waals surface area contributed by atoms with Gasteiger partial charge in [-0.05, 0) is 22.4 Å². The van der Waals surface area contributed by atoms with Crippen molar-refractivity contribution in [2.45, 2.75) is 11.3 Å². The zero-order valence-electron chi connectivity index (χ0n) is 10.8. The van der Waals surface area contributed by atoms with E-state index in [1.165, 1.54) is 0 Å². The standard InChI is InChI=1S/C9H13BrN2O7S2/c1-20(15,16)11-3-2-4-12-21(17,18)7-5-6(9(13)14)19-8(7)10/h5,11-12H,2-4H2,1H3,(H,13,14). The molecule has 0 unspecified atom stereocenters. The zero-order chi connectivity index (χ0) is 16.3. The minimum Gasteiger partial charge on any atom is -0.475 e. The third-order valence-electron chi connectivity index (χ3n) is 2.17. The lowest BCUT2D eigenvalue weighted by atomic mass is 10.4. The van der Waals surface area contributed by atoms with Crippen molar-refractivity contribution in [3.8, 4) is 0 Å². The van der Waals surface area contributed by atoms with Crippen LogP contribution in [0.25, 0.3) is 0 Å². The number of carboxylic acids is 1. The molecule has 1 rings (SSSR count). The average Bonchev–Trinajstić information content (AvgIpc) is 2.70. The van der Waals surface area contributed by atoms with Gasteiger partial charge in [-0.2, -0.15) is 0 Å². The predicted molar refractivity (Wildman–Crippen MR) is 76.0 cm³/mol. The molecular formula is C9H13BrN2O7S2. The fraction of sp³-hybridized carbons (Fsp3) is 0.444. The number of nitrogens with one attached hydrogen (secondary N) is 2. The molecule has 0 bridgehead atoms. The smallest absolute Gasteiger partial charge is 0.371 e. The molecule has 0 amide bonds. The first kappa shape index (κ1) is 18.1. The number of carboxylic acid groups (broad SMARTS) is 1. The van der Waals surface area contributed by atoms with Crippen LogP contribution in [-0.2, 0) is 20.0 Å². The van der Waals surface area contributed by atoms with Crippen LogP contribution in [0, 0.1) is 0 Å². The summed E-state index contributed by atoms with van der Waals surface area (Å²) in [4.78, 5) is 10.4. The van der Waals surface area contributed by atoms with Gasteiger partial charge in [0, 0.05) is 19.2 Å². The van der Waals surface area contributed by atoms with Crippen molar-refractivity contribution in [2.24, 2.45) is 0 Å². The number of rotatable bonds is 8. The van der Waals surface area contributed by atoms with Gasteiger partial charge in [0.05, 0.1) is 6.26 Å². The Hall–Kier alpha value is -0.950. The van der Waals surface area contributed by atoms with Gasteiger partial charge in [-0.3, -0.25) is 0 Å². The molecule has 0 saturated heterocycles. The monoisotopic (exact) mass is 404 g/mol. The van der Waals surface area contributed by atoms with Crippen molar-refractivity contribution in [3.63, 3.8) is 0 Å². The molecule has 1 aromatic heterocycles. The molecule has 21 heavy (non-hydrogen) atoms. The van der Waals surface area contributed by atoms with Gasteiger partial charge in [0.2, 0.25) is 25.8 Å². The molecule has 0 aromatic carbocycles. The molecule has 0 saturated carbocycles. The Morgan fingerprint density at radius 1 is 1.29 bits per heavy atom. The van der Waals surface area contributed by atoms with Gasteiger partial charge in [0.25, 0.3) is 0 Å². The lowest BCUT2D eigenvalue weighted by Crippen LogP contribution is -2.29. The van der Waals surface area contributed by atoms with Crippen LogP contribution in [0.3, 0.4) is 0 Å². The van der Waals surface area contributed by atoms with Crippen LogP contribution in [-0.4, -0.2) is 47.3 Å². The summed E-state index contributed by atoms with van der Waals surface area (Å²) in [5.74, 6) is -1.91. The highest BCUT2D eigenvalue weighted by Crippen LogP contribution is 2.25. The van der Waals surface area contributed by atoms with E-state index in [1.807, 2.05) is 0 Å². The van der Waals surface area contributed by atoms with Gasteiger partial charge in [0.1, 0.15) is 4.90 Å². The molecule has 0 aliphatic rings. The largest absolute Gasteiger partial charge is 0.475 e. The van der Waals surface area contributed by atoms with E-state index in [1.54, 1.807) is 0 Å². The molecule has 3 N–H and O–H groups in total. The second-order valence-electron chi connectivity index (χ2n) is 3.97. The number of hydrogen-bond donors (Lipinski definition) is 3. The lowest BCUT2D eigenvalue weighted by molar-refractivity contribution is 0.0661. The van der Waals surface area contributed by atoms with E-state index in [0.717, 1.165) is 12.3 Å². The fourth-order valence-electron chi connectivity index (χ4n) is 1.27. The Morgan fingerprint density at radius 3 is 2.33 bits per heavy atom. The van der Waals surface area contributed by atoms with Gasteiger partial charge in [-0.25, -0.2) is 31.1 Å². The number of aromatic carboxylic acids is 1. The van der Waals surface area contributed by atoms with Crippen LogP contribution >= 0.6 is 15.9 Å². The summed E-state index contributed by atoms with van der Waals surface area (Å²) in [6.07, 6.45) is 1.22. The van der Waals surface area contributed by atoms with E-state index in [-0.39, 0.29) is 29.1 Å². The summed E-state index contributed by atoms with van der Waals surface area (Å²) in [7, 11) is -7.27. The molecule has 1 heterocycles. The second-order valence-corrected chi connectivity index (χ2v) is 8.26. The van der Waals surface area contributed by atoms with Crippen LogP contribution in [0.15, 0.2) is 20.0 Å². The molecule has 0 spiro atoms. The van der Waals surface area contributed by atoms with Gasteiger partial charge in [-0.1, -0.05) is 0 Å². The van der Waals surface area contributed by atoms with E-state index in [9.17, 15) is 21.6 Å². The Morgan fingerprint density at radius 2 is 1.86 bits per heavy atom. The van der Waals surface area contributed by atoms with Crippen molar-refractivity contribution >= 4 is 41.9 Å². The molecule has 0 atom stereocenters. The van der Waals surface area contributed by atoms with Crippen molar-refractivity contribution in [1.82, 2.24) is 9.44 Å². The Bertz CT molecular complexity index is 723. The maximum atomic E-state index is 11.9. The molecule has 9 nitrogen and oxygen atoms in total. The Labute approximate surface area is 129 Å².